The third kappa shape index (κ3) is 6.36. The highest BCUT2D eigenvalue weighted by Crippen LogP contribution is 2.37. The molecule has 1 aliphatic heterocycles. The molecule has 1 aromatic heterocycles. The lowest BCUT2D eigenvalue weighted by molar-refractivity contribution is -0.113. The summed E-state index contributed by atoms with van der Waals surface area (Å²) in [6.45, 7) is 4.31. The Morgan fingerprint density at radius 2 is 1.67 bits per heavy atom. The van der Waals surface area contributed by atoms with Crippen LogP contribution in [-0.2, 0) is 11.4 Å². The molecular weight excluding hydrogens is 598 g/mol. The summed E-state index contributed by atoms with van der Waals surface area (Å²) < 4.78 is 19.2. The Hall–Kier alpha value is -5.41. The summed E-state index contributed by atoms with van der Waals surface area (Å²) in [7, 11) is 3.12. The zero-order chi connectivity index (χ0) is 32.2. The Labute approximate surface area is 270 Å². The first-order chi connectivity index (χ1) is 22.3. The average molecular weight is 632 g/mol. The first kappa shape index (κ1) is 30.6. The highest BCUT2D eigenvalue weighted by atomic mass is 32.1. The number of anilines is 1. The van der Waals surface area contributed by atoms with Crippen molar-refractivity contribution < 1.29 is 19.0 Å². The lowest BCUT2D eigenvalue weighted by Crippen LogP contribution is -2.40. The minimum atomic E-state index is -0.791. The first-order valence-corrected chi connectivity index (χ1v) is 15.6. The van der Waals surface area contributed by atoms with Gasteiger partial charge in [-0.2, -0.15) is 0 Å². The van der Waals surface area contributed by atoms with E-state index in [1.807, 2.05) is 78.9 Å². The number of hydrogen-bond donors (Lipinski definition) is 1. The number of ether oxygens (including phenoxy) is 3. The molecular formula is C37H33N3O5S. The van der Waals surface area contributed by atoms with Gasteiger partial charge in [-0.3, -0.25) is 14.2 Å². The molecule has 8 nitrogen and oxygen atoms in total. The third-order valence-corrected chi connectivity index (χ3v) is 8.68. The fraction of sp³-hybridized carbons (Fsp3) is 0.162. The van der Waals surface area contributed by atoms with E-state index in [0.29, 0.717) is 50.0 Å². The van der Waals surface area contributed by atoms with Crippen LogP contribution in [0.15, 0.2) is 118 Å². The van der Waals surface area contributed by atoms with E-state index >= 15 is 0 Å². The van der Waals surface area contributed by atoms with Crippen molar-refractivity contribution in [2.75, 3.05) is 19.5 Å². The maximum absolute atomic E-state index is 14.1. The van der Waals surface area contributed by atoms with Crippen molar-refractivity contribution >= 4 is 29.0 Å². The molecule has 46 heavy (non-hydrogen) atoms. The molecule has 0 unspecified atom stereocenters. The molecule has 9 heteroatoms. The van der Waals surface area contributed by atoms with E-state index in [0.717, 1.165) is 16.9 Å². The number of benzene rings is 4. The topological polar surface area (TPSA) is 91.2 Å². The minimum Gasteiger partial charge on any atom is -0.497 e. The number of amides is 1. The van der Waals surface area contributed by atoms with Crippen LogP contribution in [0.3, 0.4) is 0 Å². The van der Waals surface area contributed by atoms with E-state index in [4.69, 9.17) is 19.2 Å². The van der Waals surface area contributed by atoms with Gasteiger partial charge in [0.2, 0.25) is 0 Å². The molecule has 0 spiro atoms. The van der Waals surface area contributed by atoms with Crippen LogP contribution in [0.4, 0.5) is 5.69 Å². The average Bonchev–Trinajstić information content (AvgIpc) is 3.37. The zero-order valence-electron chi connectivity index (χ0n) is 25.9. The summed E-state index contributed by atoms with van der Waals surface area (Å²) in [5.41, 5.74) is 5.00. The molecule has 0 bridgehead atoms. The standard InChI is InChI=1S/C37H33N3O5S/c1-23-9-8-10-26(19-23)22-45-28-15-13-25(14-16-28)20-32-36(42)40-34(30-18-17-29(43-3)21-31(30)44-4)33(24(2)38-37(40)46-32)35(41)39-27-11-6-5-7-12-27/h5-21,34H,22H2,1-4H3,(H,39,41)/b32-20-/t34-/m0/s1. The van der Waals surface area contributed by atoms with Crippen molar-refractivity contribution in [1.29, 1.82) is 0 Å². The molecule has 232 valence electrons. The summed E-state index contributed by atoms with van der Waals surface area (Å²) in [6, 6.07) is 29.6. The van der Waals surface area contributed by atoms with E-state index in [-0.39, 0.29) is 11.5 Å². The molecule has 0 saturated carbocycles. The van der Waals surface area contributed by atoms with Crippen LogP contribution in [0.2, 0.25) is 0 Å². The van der Waals surface area contributed by atoms with Crippen molar-refractivity contribution in [1.82, 2.24) is 4.57 Å². The second-order valence-corrected chi connectivity index (χ2v) is 11.9. The number of carbonyl (C=O) groups is 1. The predicted molar refractivity (Wildman–Crippen MR) is 180 cm³/mol. The molecule has 0 fully saturated rings. The summed E-state index contributed by atoms with van der Waals surface area (Å²) in [4.78, 5) is 33.3. The smallest absolute Gasteiger partial charge is 0.271 e. The van der Waals surface area contributed by atoms with Crippen LogP contribution in [0, 0.1) is 6.92 Å². The van der Waals surface area contributed by atoms with Crippen LogP contribution in [0.1, 0.15) is 35.2 Å². The number of carbonyl (C=O) groups excluding carboxylic acids is 1. The molecule has 1 aliphatic rings. The highest BCUT2D eigenvalue weighted by molar-refractivity contribution is 7.07. The van der Waals surface area contributed by atoms with Crippen LogP contribution in [0.25, 0.3) is 6.08 Å². The van der Waals surface area contributed by atoms with Crippen LogP contribution in [0.5, 0.6) is 17.2 Å². The second kappa shape index (κ2) is 13.3. The van der Waals surface area contributed by atoms with E-state index < -0.39 is 6.04 Å². The lowest BCUT2D eigenvalue weighted by Gasteiger charge is -2.26. The summed E-state index contributed by atoms with van der Waals surface area (Å²) in [5, 5.41) is 2.97. The molecule has 0 saturated heterocycles. The number of aromatic nitrogens is 1. The minimum absolute atomic E-state index is 0.260. The van der Waals surface area contributed by atoms with Gasteiger partial charge in [0.05, 0.1) is 30.0 Å². The number of nitrogens with zero attached hydrogens (tertiary/aromatic N) is 2. The third-order valence-electron chi connectivity index (χ3n) is 7.70. The number of methoxy groups -OCH3 is 2. The Bertz CT molecular complexity index is 2120. The number of fused-ring (bicyclic) bond motifs is 1. The number of allylic oxidation sites excluding steroid dienone is 1. The maximum atomic E-state index is 14.1. The Morgan fingerprint density at radius 3 is 2.39 bits per heavy atom. The molecule has 5 aromatic rings. The quantitative estimate of drug-likeness (QED) is 0.223. The van der Waals surface area contributed by atoms with Crippen molar-refractivity contribution in [3.05, 3.63) is 150 Å². The maximum Gasteiger partial charge on any atom is 0.271 e. The van der Waals surface area contributed by atoms with E-state index in [2.05, 4.69) is 24.4 Å². The first-order valence-electron chi connectivity index (χ1n) is 14.7. The summed E-state index contributed by atoms with van der Waals surface area (Å²) in [5.74, 6) is 1.46. The molecule has 1 atom stereocenters. The van der Waals surface area contributed by atoms with Gasteiger partial charge in [0.25, 0.3) is 11.5 Å². The van der Waals surface area contributed by atoms with Crippen LogP contribution < -0.4 is 34.4 Å². The van der Waals surface area contributed by atoms with Gasteiger partial charge in [0, 0.05) is 17.3 Å². The van der Waals surface area contributed by atoms with Crippen LogP contribution >= 0.6 is 11.3 Å². The molecule has 6 rings (SSSR count). The molecule has 4 aromatic carbocycles. The van der Waals surface area contributed by atoms with Gasteiger partial charge in [0.15, 0.2) is 4.80 Å². The van der Waals surface area contributed by atoms with Crippen molar-refractivity contribution in [2.24, 2.45) is 4.99 Å². The largest absolute Gasteiger partial charge is 0.497 e. The van der Waals surface area contributed by atoms with E-state index in [1.54, 1.807) is 37.8 Å². The lowest BCUT2D eigenvalue weighted by atomic mass is 9.94. The van der Waals surface area contributed by atoms with Gasteiger partial charge in [-0.1, -0.05) is 71.5 Å². The van der Waals surface area contributed by atoms with Crippen molar-refractivity contribution in [3.63, 3.8) is 0 Å². The van der Waals surface area contributed by atoms with Crippen molar-refractivity contribution in [2.45, 2.75) is 26.5 Å². The summed E-state index contributed by atoms with van der Waals surface area (Å²) in [6.07, 6.45) is 1.83. The number of nitrogens with one attached hydrogen (secondary N) is 1. The molecule has 0 radical (unpaired) electrons. The van der Waals surface area contributed by atoms with Gasteiger partial charge in [-0.05, 0) is 67.4 Å². The van der Waals surface area contributed by atoms with E-state index in [9.17, 15) is 9.59 Å². The number of thiazole rings is 1. The molecule has 0 aliphatic carbocycles. The fourth-order valence-corrected chi connectivity index (χ4v) is 6.50. The zero-order valence-corrected chi connectivity index (χ0v) is 26.8. The number of hydrogen-bond acceptors (Lipinski definition) is 7. The van der Waals surface area contributed by atoms with Gasteiger partial charge in [0.1, 0.15) is 29.9 Å². The Balaban J connectivity index is 1.38. The monoisotopic (exact) mass is 631 g/mol. The number of para-hydroxylation sites is 1. The molecule has 1 amide bonds. The SMILES string of the molecule is COc1ccc([C@H]2C(C(=O)Nc3ccccc3)=C(C)N=c3s/c(=C\c4ccc(OCc5cccc(C)c5)cc4)c(=O)n32)c(OC)c1. The molecule has 1 N–H and O–H groups in total. The Kier molecular flexibility index (Phi) is 8.85. The number of rotatable bonds is 9. The van der Waals surface area contributed by atoms with Crippen molar-refractivity contribution in [3.8, 4) is 17.2 Å². The van der Waals surface area contributed by atoms with Gasteiger partial charge in [-0.15, -0.1) is 0 Å². The van der Waals surface area contributed by atoms with Gasteiger partial charge in [-0.25, -0.2) is 4.99 Å². The van der Waals surface area contributed by atoms with Crippen LogP contribution in [-0.4, -0.2) is 24.7 Å². The fourth-order valence-electron chi connectivity index (χ4n) is 5.45. The van der Waals surface area contributed by atoms with E-state index in [1.165, 1.54) is 16.9 Å². The van der Waals surface area contributed by atoms with Gasteiger partial charge >= 0.3 is 0 Å². The van der Waals surface area contributed by atoms with Gasteiger partial charge < -0.3 is 19.5 Å². The predicted octanol–water partition coefficient (Wildman–Crippen LogP) is 5.78. The summed E-state index contributed by atoms with van der Waals surface area (Å²) >= 11 is 1.28. The Morgan fingerprint density at radius 1 is 0.913 bits per heavy atom. The number of aryl methyl sites for hydroxylation is 1. The normalized spacial score (nSPS) is 14.3. The second-order valence-electron chi connectivity index (χ2n) is 10.9. The highest BCUT2D eigenvalue weighted by Gasteiger charge is 2.34. The molecule has 2 heterocycles.